The minimum absolute atomic E-state index is 0.581. The summed E-state index contributed by atoms with van der Waals surface area (Å²) in [5.41, 5.74) is 1.04. The van der Waals surface area contributed by atoms with E-state index < -0.39 is 0 Å². The summed E-state index contributed by atoms with van der Waals surface area (Å²) in [6, 6.07) is 8.09. The van der Waals surface area contributed by atoms with Gasteiger partial charge in [-0.05, 0) is 37.1 Å². The summed E-state index contributed by atoms with van der Waals surface area (Å²) >= 11 is 9.57. The zero-order valence-electron chi connectivity index (χ0n) is 10.8. The summed E-state index contributed by atoms with van der Waals surface area (Å²) in [5, 5.41) is 4.04. The molecule has 1 heterocycles. The lowest BCUT2D eigenvalue weighted by atomic mass is 10.2. The van der Waals surface area contributed by atoms with E-state index in [4.69, 9.17) is 16.3 Å². The molecule has 5 heteroatoms. The van der Waals surface area contributed by atoms with Crippen molar-refractivity contribution in [2.24, 2.45) is 0 Å². The van der Waals surface area contributed by atoms with Gasteiger partial charge in [0.05, 0.1) is 5.02 Å². The highest BCUT2D eigenvalue weighted by atomic mass is 79.9. The summed E-state index contributed by atoms with van der Waals surface area (Å²) in [6.45, 7) is 0.766. The van der Waals surface area contributed by atoms with Gasteiger partial charge in [0.15, 0.2) is 0 Å². The molecule has 2 aromatic rings. The van der Waals surface area contributed by atoms with Crippen LogP contribution in [0.4, 0.5) is 0 Å². The third kappa shape index (κ3) is 3.51. The monoisotopic (exact) mass is 352 g/mol. The number of halogens is 2. The van der Waals surface area contributed by atoms with E-state index in [9.17, 15) is 0 Å². The van der Waals surface area contributed by atoms with Crippen molar-refractivity contribution in [3.63, 3.8) is 0 Å². The van der Waals surface area contributed by atoms with Crippen LogP contribution in [0.15, 0.2) is 41.1 Å². The lowest BCUT2D eigenvalue weighted by molar-refractivity contribution is 0.471. The van der Waals surface area contributed by atoms with Gasteiger partial charge in [-0.25, -0.2) is 0 Å². The van der Waals surface area contributed by atoms with Crippen LogP contribution < -0.4 is 10.1 Å². The van der Waals surface area contributed by atoms with E-state index in [0.717, 1.165) is 22.3 Å². The molecule has 3 rings (SSSR count). The topological polar surface area (TPSA) is 34.1 Å². The summed E-state index contributed by atoms with van der Waals surface area (Å²) < 4.78 is 6.85. The molecule has 0 atom stereocenters. The molecule has 0 spiro atoms. The highest BCUT2D eigenvalue weighted by Gasteiger charge is 2.20. The van der Waals surface area contributed by atoms with Crippen molar-refractivity contribution >= 4 is 27.5 Å². The number of ether oxygens (including phenoxy) is 1. The van der Waals surface area contributed by atoms with Crippen molar-refractivity contribution in [2.75, 3.05) is 0 Å². The molecule has 0 bridgehead atoms. The lowest BCUT2D eigenvalue weighted by Crippen LogP contribution is -2.15. The van der Waals surface area contributed by atoms with Gasteiger partial charge in [-0.3, -0.25) is 4.98 Å². The Balaban J connectivity index is 1.78. The van der Waals surface area contributed by atoms with Crippen LogP contribution in [0.1, 0.15) is 18.4 Å². The van der Waals surface area contributed by atoms with Crippen LogP contribution in [0.25, 0.3) is 0 Å². The number of benzene rings is 1. The number of hydrogen-bond acceptors (Lipinski definition) is 3. The molecule has 20 heavy (non-hydrogen) atoms. The highest BCUT2D eigenvalue weighted by Crippen LogP contribution is 2.33. The molecule has 0 saturated heterocycles. The second-order valence-corrected chi connectivity index (χ2v) is 6.14. The molecule has 1 N–H and O–H groups in total. The normalized spacial score (nSPS) is 14.3. The Morgan fingerprint density at radius 2 is 2.15 bits per heavy atom. The second-order valence-electron chi connectivity index (χ2n) is 4.82. The minimum atomic E-state index is 0.581. The van der Waals surface area contributed by atoms with Gasteiger partial charge >= 0.3 is 0 Å². The van der Waals surface area contributed by atoms with E-state index in [-0.39, 0.29) is 0 Å². The fraction of sp³-hybridized carbons (Fsp3) is 0.267. The van der Waals surface area contributed by atoms with Crippen LogP contribution in [0.2, 0.25) is 5.02 Å². The number of nitrogens with one attached hydrogen (secondary N) is 1. The smallest absolute Gasteiger partial charge is 0.146 e. The molecule has 1 aliphatic carbocycles. The van der Waals surface area contributed by atoms with Crippen molar-refractivity contribution in [1.29, 1.82) is 0 Å². The zero-order valence-corrected chi connectivity index (χ0v) is 13.1. The largest absolute Gasteiger partial charge is 0.455 e. The Morgan fingerprint density at radius 3 is 2.90 bits per heavy atom. The first-order valence-electron chi connectivity index (χ1n) is 6.51. The average molecular weight is 354 g/mol. The van der Waals surface area contributed by atoms with Crippen LogP contribution in [-0.4, -0.2) is 11.0 Å². The third-order valence-electron chi connectivity index (χ3n) is 3.13. The second kappa shape index (κ2) is 6.12. The summed E-state index contributed by atoms with van der Waals surface area (Å²) in [5.74, 6) is 1.44. The maximum Gasteiger partial charge on any atom is 0.146 e. The van der Waals surface area contributed by atoms with Gasteiger partial charge in [-0.2, -0.15) is 0 Å². The number of rotatable bonds is 5. The maximum atomic E-state index is 6.18. The summed E-state index contributed by atoms with van der Waals surface area (Å²) in [7, 11) is 0. The predicted molar refractivity (Wildman–Crippen MR) is 83.3 cm³/mol. The van der Waals surface area contributed by atoms with Crippen LogP contribution in [-0.2, 0) is 6.54 Å². The quantitative estimate of drug-likeness (QED) is 0.857. The van der Waals surface area contributed by atoms with Gasteiger partial charge in [0.1, 0.15) is 11.5 Å². The first-order valence-corrected chi connectivity index (χ1v) is 7.68. The van der Waals surface area contributed by atoms with Crippen LogP contribution in [0, 0.1) is 0 Å². The van der Waals surface area contributed by atoms with Crippen LogP contribution in [0.3, 0.4) is 0 Å². The molecule has 104 valence electrons. The minimum Gasteiger partial charge on any atom is -0.455 e. The van der Waals surface area contributed by atoms with E-state index in [2.05, 4.69) is 26.2 Å². The van der Waals surface area contributed by atoms with Gasteiger partial charge in [-0.15, -0.1) is 0 Å². The van der Waals surface area contributed by atoms with E-state index in [0.29, 0.717) is 16.8 Å². The van der Waals surface area contributed by atoms with E-state index in [1.165, 1.54) is 12.8 Å². The van der Waals surface area contributed by atoms with Crippen LogP contribution >= 0.6 is 27.5 Å². The summed E-state index contributed by atoms with van der Waals surface area (Å²) in [6.07, 6.45) is 6.07. The molecule has 1 aliphatic rings. The molecule has 1 saturated carbocycles. The molecule has 1 fully saturated rings. The van der Waals surface area contributed by atoms with Crippen LogP contribution in [0.5, 0.6) is 11.5 Å². The van der Waals surface area contributed by atoms with E-state index >= 15 is 0 Å². The maximum absolute atomic E-state index is 6.18. The van der Waals surface area contributed by atoms with Crippen molar-refractivity contribution in [3.8, 4) is 11.5 Å². The Kier molecular flexibility index (Phi) is 4.24. The molecular weight excluding hydrogens is 340 g/mol. The number of hydrogen-bond donors (Lipinski definition) is 1. The molecule has 0 aliphatic heterocycles. The summed E-state index contributed by atoms with van der Waals surface area (Å²) in [4.78, 5) is 4.16. The van der Waals surface area contributed by atoms with Gasteiger partial charge in [0, 0.05) is 35.0 Å². The molecule has 0 amide bonds. The third-order valence-corrected chi connectivity index (χ3v) is 3.92. The Hall–Kier alpha value is -1.10. The number of pyridine rings is 1. The van der Waals surface area contributed by atoms with Crippen molar-refractivity contribution in [1.82, 2.24) is 10.3 Å². The molecule has 3 nitrogen and oxygen atoms in total. The first kappa shape index (κ1) is 13.9. The van der Waals surface area contributed by atoms with Crippen molar-refractivity contribution < 1.29 is 4.74 Å². The zero-order chi connectivity index (χ0) is 13.9. The average Bonchev–Trinajstić information content (AvgIpc) is 3.25. The number of nitrogens with zero attached hydrogens (tertiary/aromatic N) is 1. The Labute approximate surface area is 131 Å². The van der Waals surface area contributed by atoms with Crippen molar-refractivity contribution in [3.05, 3.63) is 51.7 Å². The molecular formula is C15H14BrClN2O. The van der Waals surface area contributed by atoms with Gasteiger partial charge in [0.25, 0.3) is 0 Å². The fourth-order valence-corrected chi connectivity index (χ4v) is 2.58. The SMILES string of the molecule is Clc1cc(Br)ccc1Oc1ccncc1CNC1CC1. The van der Waals surface area contributed by atoms with Gasteiger partial charge in [0.2, 0.25) is 0 Å². The molecule has 0 radical (unpaired) electrons. The molecule has 1 aromatic carbocycles. The van der Waals surface area contributed by atoms with Gasteiger partial charge in [-0.1, -0.05) is 27.5 Å². The molecule has 1 aromatic heterocycles. The lowest BCUT2D eigenvalue weighted by Gasteiger charge is -2.12. The standard InChI is InChI=1S/C15H14BrClN2O/c16-11-1-4-15(13(17)7-11)20-14-5-6-18-8-10(14)9-19-12-2-3-12/h1,4-8,12,19H,2-3,9H2. The first-order chi connectivity index (χ1) is 9.72. The Bertz CT molecular complexity index is 617. The molecule has 0 unspecified atom stereocenters. The van der Waals surface area contributed by atoms with Crippen molar-refractivity contribution in [2.45, 2.75) is 25.4 Å². The highest BCUT2D eigenvalue weighted by molar-refractivity contribution is 9.10. The van der Waals surface area contributed by atoms with E-state index in [1.54, 1.807) is 6.20 Å². The predicted octanol–water partition coefficient (Wildman–Crippen LogP) is 4.54. The van der Waals surface area contributed by atoms with E-state index in [1.807, 2.05) is 30.5 Å². The van der Waals surface area contributed by atoms with Gasteiger partial charge < -0.3 is 10.1 Å². The Morgan fingerprint density at radius 1 is 1.30 bits per heavy atom. The number of aromatic nitrogens is 1. The fourth-order valence-electron chi connectivity index (χ4n) is 1.86.